The molecule has 0 unspecified atom stereocenters. The first-order chi connectivity index (χ1) is 20.5. The second kappa shape index (κ2) is 11.8. The van der Waals surface area contributed by atoms with E-state index in [0.29, 0.717) is 17.5 Å². The number of methoxy groups -OCH3 is 1. The molecular weight excluding hydrogens is 635 g/mol. The van der Waals surface area contributed by atoms with Gasteiger partial charge in [-0.2, -0.15) is 13.9 Å². The molecular formula is C29H27BrF3N5O5. The molecule has 0 spiro atoms. The zero-order chi connectivity index (χ0) is 31.1. The van der Waals surface area contributed by atoms with E-state index in [1.54, 1.807) is 13.0 Å². The number of alkyl halides is 2. The molecule has 2 heterocycles. The number of ether oxygens (including phenoxy) is 2. The van der Waals surface area contributed by atoms with E-state index in [4.69, 9.17) is 15.2 Å². The predicted octanol–water partition coefficient (Wildman–Crippen LogP) is 4.93. The minimum absolute atomic E-state index is 0.00632. The van der Waals surface area contributed by atoms with Crippen molar-refractivity contribution in [3.63, 3.8) is 0 Å². The number of rotatable bonds is 11. The summed E-state index contributed by atoms with van der Waals surface area (Å²) in [5.41, 5.74) is 3.98. The number of hydrogen-bond acceptors (Lipinski definition) is 7. The summed E-state index contributed by atoms with van der Waals surface area (Å²) in [5, 5.41) is 18.7. The van der Waals surface area contributed by atoms with Crippen LogP contribution in [0.5, 0.6) is 11.5 Å². The molecule has 2 aromatic heterocycles. The Balaban J connectivity index is 1.54. The molecule has 43 heavy (non-hydrogen) atoms. The molecule has 14 heteroatoms. The van der Waals surface area contributed by atoms with Crippen LogP contribution in [-0.4, -0.2) is 51.9 Å². The van der Waals surface area contributed by atoms with E-state index in [0.717, 1.165) is 6.20 Å². The van der Waals surface area contributed by atoms with Crippen LogP contribution < -0.4 is 20.5 Å². The van der Waals surface area contributed by atoms with Crippen molar-refractivity contribution in [2.75, 3.05) is 20.3 Å². The van der Waals surface area contributed by atoms with Crippen molar-refractivity contribution < 1.29 is 37.3 Å². The maximum absolute atomic E-state index is 15.3. The van der Waals surface area contributed by atoms with Crippen molar-refractivity contribution in [2.45, 2.75) is 31.9 Å². The van der Waals surface area contributed by atoms with E-state index >= 15 is 4.39 Å². The molecule has 4 aromatic rings. The van der Waals surface area contributed by atoms with Crippen molar-refractivity contribution in [1.82, 2.24) is 20.1 Å². The van der Waals surface area contributed by atoms with Crippen LogP contribution >= 0.6 is 15.9 Å². The van der Waals surface area contributed by atoms with Crippen molar-refractivity contribution in [2.24, 2.45) is 11.7 Å². The number of carbonyl (C=O) groups excluding carboxylic acids is 2. The summed E-state index contributed by atoms with van der Waals surface area (Å²) in [6.45, 7) is -1.42. The Labute approximate surface area is 252 Å². The number of hydrogen-bond donors (Lipinski definition) is 3. The number of pyridine rings is 1. The van der Waals surface area contributed by atoms with E-state index < -0.39 is 29.8 Å². The van der Waals surface area contributed by atoms with Crippen LogP contribution in [-0.2, 0) is 5.60 Å². The summed E-state index contributed by atoms with van der Waals surface area (Å²) in [7, 11) is 1.32. The number of nitrogens with two attached hydrogens (primary N) is 1. The van der Waals surface area contributed by atoms with Crippen LogP contribution in [0.2, 0.25) is 0 Å². The van der Waals surface area contributed by atoms with Crippen molar-refractivity contribution >= 4 is 38.6 Å². The lowest BCUT2D eigenvalue weighted by Gasteiger charge is -2.29. The Kier molecular flexibility index (Phi) is 8.34. The standard InChI is InChI=1S/C29H27BrF3N5O5/c1-3-43-25-18(26(34)39)11-21(36-24(25)17-5-4-6-19(30)22(17)31)29(41,16-7-8-16)13-35-27(40)14-9-15-12-38(28(32)33)37-23(15)20(10-14)42-2/h4-6,9-12,16,28,41H,3,7-8,13H2,1-2H3,(H2,34,39)(H,35,40)/t29-/m1/s1. The molecule has 10 nitrogen and oxygen atoms in total. The molecule has 1 aliphatic carbocycles. The smallest absolute Gasteiger partial charge is 0.333 e. The quantitative estimate of drug-likeness (QED) is 0.207. The molecule has 0 bridgehead atoms. The zero-order valence-electron chi connectivity index (χ0n) is 23.0. The third-order valence-electron chi connectivity index (χ3n) is 7.22. The number of benzene rings is 2. The van der Waals surface area contributed by atoms with E-state index in [1.807, 2.05) is 0 Å². The Bertz CT molecular complexity index is 1730. The highest BCUT2D eigenvalue weighted by Gasteiger charge is 2.47. The highest BCUT2D eigenvalue weighted by molar-refractivity contribution is 9.10. The van der Waals surface area contributed by atoms with Gasteiger partial charge >= 0.3 is 6.55 Å². The molecule has 0 aliphatic heterocycles. The highest BCUT2D eigenvalue weighted by Crippen LogP contribution is 2.47. The van der Waals surface area contributed by atoms with Crippen LogP contribution in [0, 0.1) is 11.7 Å². The Morgan fingerprint density at radius 3 is 2.65 bits per heavy atom. The van der Waals surface area contributed by atoms with Gasteiger partial charge in [0.25, 0.3) is 11.8 Å². The molecule has 5 rings (SSSR count). The van der Waals surface area contributed by atoms with Gasteiger partial charge in [-0.15, -0.1) is 0 Å². The molecule has 226 valence electrons. The SMILES string of the molecule is CCOc1c(C(N)=O)cc([C@@](O)(CNC(=O)c2cc(OC)c3nn(C(F)F)cc3c2)C2CC2)nc1-c1cccc(Br)c1F. The Morgan fingerprint density at radius 1 is 1.28 bits per heavy atom. The summed E-state index contributed by atoms with van der Waals surface area (Å²) in [5.74, 6) is -2.45. The van der Waals surface area contributed by atoms with Crippen LogP contribution in [0.3, 0.4) is 0 Å². The number of aromatic nitrogens is 3. The third kappa shape index (κ3) is 5.76. The molecule has 0 radical (unpaired) electrons. The number of aliphatic hydroxyl groups is 1. The molecule has 1 saturated carbocycles. The minimum Gasteiger partial charge on any atom is -0.494 e. The summed E-state index contributed by atoms with van der Waals surface area (Å²) >= 11 is 3.16. The Morgan fingerprint density at radius 2 is 2.02 bits per heavy atom. The number of nitrogens with one attached hydrogen (secondary N) is 1. The van der Waals surface area contributed by atoms with Gasteiger partial charge in [-0.25, -0.2) is 14.1 Å². The molecule has 1 atom stereocenters. The zero-order valence-corrected chi connectivity index (χ0v) is 24.6. The number of primary amides is 1. The first-order valence-corrected chi connectivity index (χ1v) is 14.1. The largest absolute Gasteiger partial charge is 0.494 e. The molecule has 1 fully saturated rings. The van der Waals surface area contributed by atoms with Crippen LogP contribution in [0.1, 0.15) is 52.7 Å². The first-order valence-electron chi connectivity index (χ1n) is 13.3. The lowest BCUT2D eigenvalue weighted by atomic mass is 9.90. The average Bonchev–Trinajstić information content (AvgIpc) is 3.75. The lowest BCUT2D eigenvalue weighted by Crippen LogP contribution is -2.43. The van der Waals surface area contributed by atoms with Crippen molar-refractivity contribution in [3.05, 3.63) is 69.7 Å². The summed E-state index contributed by atoms with van der Waals surface area (Å²) < 4.78 is 53.2. The van der Waals surface area contributed by atoms with Gasteiger partial charge in [0, 0.05) is 22.7 Å². The topological polar surface area (TPSA) is 142 Å². The number of fused-ring (bicyclic) bond motifs is 1. The fraction of sp³-hybridized carbons (Fsp3) is 0.310. The second-order valence-corrected chi connectivity index (χ2v) is 10.9. The van der Waals surface area contributed by atoms with Gasteiger partial charge in [0.05, 0.1) is 36.0 Å². The summed E-state index contributed by atoms with van der Waals surface area (Å²) in [4.78, 5) is 30.4. The minimum atomic E-state index is -2.88. The highest BCUT2D eigenvalue weighted by atomic mass is 79.9. The first kappa shape index (κ1) is 30.3. The van der Waals surface area contributed by atoms with Crippen molar-refractivity contribution in [3.8, 4) is 22.8 Å². The molecule has 0 saturated heterocycles. The lowest BCUT2D eigenvalue weighted by molar-refractivity contribution is 0.00946. The van der Waals surface area contributed by atoms with E-state index in [1.165, 1.54) is 37.4 Å². The number of halogens is 4. The van der Waals surface area contributed by atoms with Gasteiger partial charge in [0.15, 0.2) is 5.75 Å². The van der Waals surface area contributed by atoms with Gasteiger partial charge in [-0.05, 0) is 71.9 Å². The second-order valence-electron chi connectivity index (χ2n) is 10.0. The van der Waals surface area contributed by atoms with Gasteiger partial charge in [-0.3, -0.25) is 9.59 Å². The maximum Gasteiger partial charge on any atom is 0.333 e. The fourth-order valence-corrected chi connectivity index (χ4v) is 5.29. The normalized spacial score (nSPS) is 14.5. The van der Waals surface area contributed by atoms with E-state index in [-0.39, 0.29) is 74.0 Å². The van der Waals surface area contributed by atoms with Gasteiger partial charge in [0.2, 0.25) is 0 Å². The number of amides is 2. The molecule has 2 amide bonds. The molecule has 2 aromatic carbocycles. The van der Waals surface area contributed by atoms with Crippen LogP contribution in [0.4, 0.5) is 13.2 Å². The third-order valence-corrected chi connectivity index (χ3v) is 7.83. The maximum atomic E-state index is 15.3. The van der Waals surface area contributed by atoms with Gasteiger partial charge in [-0.1, -0.05) is 6.07 Å². The average molecular weight is 662 g/mol. The molecule has 1 aliphatic rings. The van der Waals surface area contributed by atoms with Crippen LogP contribution in [0.15, 0.2) is 47.1 Å². The summed E-state index contributed by atoms with van der Waals surface area (Å²) in [6.07, 6.45) is 2.29. The number of carbonyl (C=O) groups is 2. The monoisotopic (exact) mass is 661 g/mol. The van der Waals surface area contributed by atoms with Gasteiger partial charge in [0.1, 0.15) is 28.4 Å². The number of nitrogens with zero attached hydrogens (tertiary/aromatic N) is 3. The fourth-order valence-electron chi connectivity index (χ4n) is 4.93. The van der Waals surface area contributed by atoms with E-state index in [9.17, 15) is 23.5 Å². The van der Waals surface area contributed by atoms with Gasteiger partial charge < -0.3 is 25.6 Å². The van der Waals surface area contributed by atoms with E-state index in [2.05, 4.69) is 31.3 Å². The van der Waals surface area contributed by atoms with Crippen LogP contribution in [0.25, 0.3) is 22.2 Å². The predicted molar refractivity (Wildman–Crippen MR) is 154 cm³/mol. The van der Waals surface area contributed by atoms with Crippen molar-refractivity contribution in [1.29, 1.82) is 0 Å². The molecule has 4 N–H and O–H groups in total. The Hall–Kier alpha value is -4.17. The summed E-state index contributed by atoms with van der Waals surface area (Å²) in [6, 6.07) is 8.57.